The van der Waals surface area contributed by atoms with Gasteiger partial charge in [-0.1, -0.05) is 24.3 Å². The number of hydrogen-bond donors (Lipinski definition) is 2. The van der Waals surface area contributed by atoms with Gasteiger partial charge in [0.2, 0.25) is 11.8 Å². The molecule has 0 saturated carbocycles. The Balaban J connectivity index is 1.45. The average Bonchev–Trinajstić information content (AvgIpc) is 3.49. The number of hydrogen-bond acceptors (Lipinski definition) is 6. The van der Waals surface area contributed by atoms with Crippen molar-refractivity contribution >= 4 is 51.6 Å². The lowest BCUT2D eigenvalue weighted by Gasteiger charge is -2.28. The summed E-state index contributed by atoms with van der Waals surface area (Å²) in [6.45, 7) is 1.47. The van der Waals surface area contributed by atoms with E-state index in [9.17, 15) is 29.3 Å². The number of nitrogens with zero attached hydrogens (tertiary/aromatic N) is 3. The fraction of sp³-hybridized carbons (Fsp3) is 0.172. The number of aromatic amines is 1. The van der Waals surface area contributed by atoms with Gasteiger partial charge in [-0.15, -0.1) is 0 Å². The fourth-order valence-electron chi connectivity index (χ4n) is 4.92. The number of fused-ring (bicyclic) bond motifs is 1. The van der Waals surface area contributed by atoms with Gasteiger partial charge in [0.05, 0.1) is 17.0 Å². The molecule has 1 fully saturated rings. The van der Waals surface area contributed by atoms with Gasteiger partial charge in [0.15, 0.2) is 0 Å². The first kappa shape index (κ1) is 26.3. The second kappa shape index (κ2) is 10.8. The van der Waals surface area contributed by atoms with Gasteiger partial charge in [-0.25, -0.2) is 4.90 Å². The van der Waals surface area contributed by atoms with Crippen LogP contribution in [0.5, 0.6) is 0 Å². The smallest absolute Gasteiger partial charge is 0.270 e. The van der Waals surface area contributed by atoms with Crippen LogP contribution in [0.2, 0.25) is 0 Å². The number of rotatable bonds is 8. The Bertz CT molecular complexity index is 1640. The van der Waals surface area contributed by atoms with E-state index in [1.165, 1.54) is 36.1 Å². The molecular weight excluding hydrogens is 514 g/mol. The molecule has 1 saturated heterocycles. The molecule has 11 heteroatoms. The first-order valence-electron chi connectivity index (χ1n) is 12.6. The first-order chi connectivity index (χ1) is 19.2. The molecule has 11 nitrogen and oxygen atoms in total. The van der Waals surface area contributed by atoms with Crippen molar-refractivity contribution in [3.05, 3.63) is 100 Å². The second-order valence-electron chi connectivity index (χ2n) is 9.43. The molecule has 3 aromatic carbocycles. The van der Waals surface area contributed by atoms with Crippen LogP contribution in [0.1, 0.15) is 29.3 Å². The summed E-state index contributed by atoms with van der Waals surface area (Å²) in [6, 6.07) is 18.1. The zero-order valence-electron chi connectivity index (χ0n) is 21.5. The van der Waals surface area contributed by atoms with E-state index in [1.807, 2.05) is 30.5 Å². The van der Waals surface area contributed by atoms with Crippen LogP contribution in [-0.2, 0) is 20.8 Å². The van der Waals surface area contributed by atoms with Crippen LogP contribution < -0.4 is 10.2 Å². The molecule has 0 radical (unpaired) electrons. The molecule has 1 atom stereocenters. The normalized spacial score (nSPS) is 14.9. The standard InChI is InChI=1S/C29H25N5O6/c1-18(35)31-21-9-11-22(12-10-21)33-27(36)16-26(29(33)38)32(28(37)19-5-4-6-23(15-19)34(39)40)14-13-20-17-30-25-8-3-2-7-24(20)25/h2-12,15,17,26,30H,13-14,16H2,1H3,(H,31,35). The van der Waals surface area contributed by atoms with Crippen molar-refractivity contribution in [2.45, 2.75) is 25.8 Å². The first-order valence-corrected chi connectivity index (χ1v) is 12.6. The molecule has 1 aromatic heterocycles. The Hall–Kier alpha value is -5.32. The lowest BCUT2D eigenvalue weighted by atomic mass is 10.1. The molecule has 202 valence electrons. The minimum atomic E-state index is -1.10. The van der Waals surface area contributed by atoms with Crippen LogP contribution in [-0.4, -0.2) is 51.0 Å². The molecule has 0 bridgehead atoms. The summed E-state index contributed by atoms with van der Waals surface area (Å²) in [7, 11) is 0. The maximum absolute atomic E-state index is 13.7. The molecule has 1 unspecified atom stereocenters. The van der Waals surface area contributed by atoms with Crippen molar-refractivity contribution in [3.8, 4) is 0 Å². The van der Waals surface area contributed by atoms with Crippen molar-refractivity contribution in [1.82, 2.24) is 9.88 Å². The zero-order valence-corrected chi connectivity index (χ0v) is 21.5. The minimum absolute atomic E-state index is 0.0477. The lowest BCUT2D eigenvalue weighted by molar-refractivity contribution is -0.384. The Morgan fingerprint density at radius 3 is 2.55 bits per heavy atom. The van der Waals surface area contributed by atoms with E-state index in [4.69, 9.17) is 0 Å². The minimum Gasteiger partial charge on any atom is -0.361 e. The predicted octanol–water partition coefficient (Wildman–Crippen LogP) is 4.05. The van der Waals surface area contributed by atoms with E-state index in [1.54, 1.807) is 24.3 Å². The summed E-state index contributed by atoms with van der Waals surface area (Å²) >= 11 is 0. The Kier molecular flexibility index (Phi) is 7.11. The number of imide groups is 1. The third kappa shape index (κ3) is 5.17. The van der Waals surface area contributed by atoms with E-state index in [0.717, 1.165) is 21.4 Å². The van der Waals surface area contributed by atoms with Crippen LogP contribution in [0.4, 0.5) is 17.1 Å². The number of H-pyrrole nitrogens is 1. The van der Waals surface area contributed by atoms with E-state index < -0.39 is 28.7 Å². The monoisotopic (exact) mass is 539 g/mol. The molecule has 0 aliphatic carbocycles. The Morgan fingerprint density at radius 2 is 1.82 bits per heavy atom. The van der Waals surface area contributed by atoms with E-state index in [2.05, 4.69) is 10.3 Å². The number of carbonyl (C=O) groups excluding carboxylic acids is 4. The molecule has 2 heterocycles. The van der Waals surface area contributed by atoms with Crippen molar-refractivity contribution in [1.29, 1.82) is 0 Å². The zero-order chi connectivity index (χ0) is 28.4. The van der Waals surface area contributed by atoms with Gasteiger partial charge in [-0.3, -0.25) is 29.3 Å². The van der Waals surface area contributed by atoms with Gasteiger partial charge in [0.1, 0.15) is 6.04 Å². The quantitative estimate of drug-likeness (QED) is 0.196. The summed E-state index contributed by atoms with van der Waals surface area (Å²) in [4.78, 5) is 68.1. The molecule has 40 heavy (non-hydrogen) atoms. The summed E-state index contributed by atoms with van der Waals surface area (Å²) in [5.41, 5.74) is 2.47. The van der Waals surface area contributed by atoms with Gasteiger partial charge < -0.3 is 15.2 Å². The van der Waals surface area contributed by atoms with Crippen molar-refractivity contribution in [2.24, 2.45) is 0 Å². The Morgan fingerprint density at radius 1 is 1.07 bits per heavy atom. The molecule has 1 aliphatic rings. The number of anilines is 2. The molecule has 5 rings (SSSR count). The highest BCUT2D eigenvalue weighted by Gasteiger charge is 2.44. The number of carbonyl (C=O) groups is 4. The van der Waals surface area contributed by atoms with Gasteiger partial charge in [0, 0.05) is 54.0 Å². The molecular formula is C29H25N5O6. The number of aromatic nitrogens is 1. The van der Waals surface area contributed by atoms with Crippen molar-refractivity contribution in [2.75, 3.05) is 16.8 Å². The maximum atomic E-state index is 13.7. The van der Waals surface area contributed by atoms with Gasteiger partial charge >= 0.3 is 0 Å². The number of benzene rings is 3. The summed E-state index contributed by atoms with van der Waals surface area (Å²) in [5, 5.41) is 14.9. The molecule has 4 aromatic rings. The topological polar surface area (TPSA) is 146 Å². The SMILES string of the molecule is CC(=O)Nc1ccc(N2C(=O)CC(N(CCc3c[nH]c4ccccc34)C(=O)c3cccc([N+](=O)[O-])c3)C2=O)cc1. The third-order valence-electron chi connectivity index (χ3n) is 6.81. The fourth-order valence-corrected chi connectivity index (χ4v) is 4.92. The van der Waals surface area contributed by atoms with Crippen molar-refractivity contribution < 1.29 is 24.1 Å². The van der Waals surface area contributed by atoms with Crippen LogP contribution in [0, 0.1) is 10.1 Å². The highest BCUT2D eigenvalue weighted by molar-refractivity contribution is 6.23. The van der Waals surface area contributed by atoms with Crippen LogP contribution in [0.3, 0.4) is 0 Å². The summed E-state index contributed by atoms with van der Waals surface area (Å²) in [6.07, 6.45) is 1.99. The number of amides is 4. The lowest BCUT2D eigenvalue weighted by Crippen LogP contribution is -2.46. The van der Waals surface area contributed by atoms with Crippen LogP contribution in [0.15, 0.2) is 79.0 Å². The van der Waals surface area contributed by atoms with Crippen LogP contribution >= 0.6 is 0 Å². The summed E-state index contributed by atoms with van der Waals surface area (Å²) < 4.78 is 0. The van der Waals surface area contributed by atoms with Gasteiger partial charge in [-0.05, 0) is 48.4 Å². The maximum Gasteiger partial charge on any atom is 0.270 e. The van der Waals surface area contributed by atoms with Gasteiger partial charge in [-0.2, -0.15) is 0 Å². The highest BCUT2D eigenvalue weighted by Crippen LogP contribution is 2.29. The van der Waals surface area contributed by atoms with Crippen molar-refractivity contribution in [3.63, 3.8) is 0 Å². The largest absolute Gasteiger partial charge is 0.361 e. The predicted molar refractivity (Wildman–Crippen MR) is 148 cm³/mol. The molecule has 0 spiro atoms. The second-order valence-corrected chi connectivity index (χ2v) is 9.43. The highest BCUT2D eigenvalue weighted by atomic mass is 16.6. The number of nitrogens with one attached hydrogen (secondary N) is 2. The number of non-ortho nitro benzene ring substituents is 1. The Labute approximate surface area is 228 Å². The molecule has 4 amide bonds. The van der Waals surface area contributed by atoms with E-state index in [0.29, 0.717) is 17.8 Å². The number of para-hydroxylation sites is 1. The molecule has 2 N–H and O–H groups in total. The van der Waals surface area contributed by atoms with Gasteiger partial charge in [0.25, 0.3) is 17.5 Å². The summed E-state index contributed by atoms with van der Waals surface area (Å²) in [5.74, 6) is -1.90. The van der Waals surface area contributed by atoms with E-state index in [-0.39, 0.29) is 30.1 Å². The number of nitro benzene ring substituents is 1. The molecule has 1 aliphatic heterocycles. The average molecular weight is 540 g/mol. The van der Waals surface area contributed by atoms with Crippen LogP contribution in [0.25, 0.3) is 10.9 Å². The van der Waals surface area contributed by atoms with E-state index >= 15 is 0 Å². The third-order valence-corrected chi connectivity index (χ3v) is 6.81. The number of nitro groups is 1.